The van der Waals surface area contributed by atoms with Crippen LogP contribution in [0.15, 0.2) is 91.6 Å². The highest BCUT2D eigenvalue weighted by molar-refractivity contribution is 5.87. The Morgan fingerprint density at radius 3 is 2.52 bits per heavy atom. The van der Waals surface area contributed by atoms with Crippen molar-refractivity contribution in [2.75, 3.05) is 0 Å². The van der Waals surface area contributed by atoms with Crippen molar-refractivity contribution in [2.24, 2.45) is 0 Å². The van der Waals surface area contributed by atoms with E-state index < -0.39 is 0 Å². The zero-order valence-electron chi connectivity index (χ0n) is 14.9. The van der Waals surface area contributed by atoms with Crippen LogP contribution in [0.1, 0.15) is 29.7 Å². The molecule has 2 heteroatoms. The minimum Gasteiger partial charge on any atom is -0.324 e. The first-order chi connectivity index (χ1) is 12.2. The fourth-order valence-corrected chi connectivity index (χ4v) is 2.74. The van der Waals surface area contributed by atoms with E-state index >= 15 is 0 Å². The van der Waals surface area contributed by atoms with Crippen molar-refractivity contribution in [2.45, 2.75) is 26.4 Å². The second-order valence-electron chi connectivity index (χ2n) is 5.93. The SMILES string of the molecule is C=CC(=O)N(Cc1ccccc1)C(/C=C/C=C/C)c1cccc(C)c1. The number of rotatable bonds is 7. The van der Waals surface area contributed by atoms with Gasteiger partial charge in [-0.3, -0.25) is 4.79 Å². The zero-order valence-corrected chi connectivity index (χ0v) is 14.9. The van der Waals surface area contributed by atoms with E-state index in [0.717, 1.165) is 11.1 Å². The number of carbonyl (C=O) groups is 1. The van der Waals surface area contributed by atoms with Crippen molar-refractivity contribution in [3.8, 4) is 0 Å². The maximum Gasteiger partial charge on any atom is 0.247 e. The van der Waals surface area contributed by atoms with Crippen LogP contribution in [0.2, 0.25) is 0 Å². The third kappa shape index (κ3) is 5.32. The third-order valence-electron chi connectivity index (χ3n) is 3.97. The summed E-state index contributed by atoms with van der Waals surface area (Å²) in [5.74, 6) is -0.0829. The van der Waals surface area contributed by atoms with Crippen molar-refractivity contribution in [1.82, 2.24) is 4.90 Å². The molecule has 0 N–H and O–H groups in total. The summed E-state index contributed by atoms with van der Waals surface area (Å²) in [6.07, 6.45) is 9.37. The number of aryl methyl sites for hydroxylation is 1. The number of hydrogen-bond acceptors (Lipinski definition) is 1. The second kappa shape index (κ2) is 9.43. The number of hydrogen-bond donors (Lipinski definition) is 0. The molecule has 128 valence electrons. The molecular formula is C23H25NO. The minimum absolute atomic E-state index is 0.0829. The number of amides is 1. The number of nitrogens with zero attached hydrogens (tertiary/aromatic N) is 1. The summed E-state index contributed by atoms with van der Waals surface area (Å²) < 4.78 is 0. The van der Waals surface area contributed by atoms with Gasteiger partial charge in [-0.05, 0) is 31.1 Å². The largest absolute Gasteiger partial charge is 0.324 e. The fourth-order valence-electron chi connectivity index (χ4n) is 2.74. The fraction of sp³-hybridized carbons (Fsp3) is 0.174. The highest BCUT2D eigenvalue weighted by Crippen LogP contribution is 2.26. The summed E-state index contributed by atoms with van der Waals surface area (Å²) in [4.78, 5) is 14.4. The Balaban J connectivity index is 2.44. The summed E-state index contributed by atoms with van der Waals surface area (Å²) in [7, 11) is 0. The van der Waals surface area contributed by atoms with Crippen molar-refractivity contribution in [3.63, 3.8) is 0 Å². The quantitative estimate of drug-likeness (QED) is 0.492. The van der Waals surface area contributed by atoms with Crippen LogP contribution in [0.25, 0.3) is 0 Å². The molecule has 2 rings (SSSR count). The molecule has 0 heterocycles. The first kappa shape index (κ1) is 18.5. The lowest BCUT2D eigenvalue weighted by molar-refractivity contribution is -0.128. The molecule has 25 heavy (non-hydrogen) atoms. The molecule has 1 amide bonds. The monoisotopic (exact) mass is 331 g/mol. The lowest BCUT2D eigenvalue weighted by Crippen LogP contribution is -2.32. The number of carbonyl (C=O) groups excluding carboxylic acids is 1. The normalized spacial score (nSPS) is 12.4. The van der Waals surface area contributed by atoms with Crippen LogP contribution in [0.5, 0.6) is 0 Å². The lowest BCUT2D eigenvalue weighted by atomic mass is 10.0. The summed E-state index contributed by atoms with van der Waals surface area (Å²) in [6, 6.07) is 18.2. The molecule has 0 aliphatic heterocycles. The van der Waals surface area contributed by atoms with Gasteiger partial charge in [-0.25, -0.2) is 0 Å². The second-order valence-corrected chi connectivity index (χ2v) is 5.93. The van der Waals surface area contributed by atoms with Crippen LogP contribution < -0.4 is 0 Å². The van der Waals surface area contributed by atoms with Crippen LogP contribution in [0.4, 0.5) is 0 Å². The molecule has 1 atom stereocenters. The molecule has 0 aromatic heterocycles. The Labute approximate surface area is 150 Å². The van der Waals surface area contributed by atoms with E-state index in [9.17, 15) is 4.79 Å². The molecule has 0 saturated heterocycles. The van der Waals surface area contributed by atoms with Crippen LogP contribution >= 0.6 is 0 Å². The Hall–Kier alpha value is -2.87. The summed E-state index contributed by atoms with van der Waals surface area (Å²) >= 11 is 0. The van der Waals surface area contributed by atoms with Gasteiger partial charge in [0.25, 0.3) is 0 Å². The van der Waals surface area contributed by atoms with Gasteiger partial charge < -0.3 is 4.90 Å². The number of allylic oxidation sites excluding steroid dienone is 3. The maximum atomic E-state index is 12.6. The van der Waals surface area contributed by atoms with Gasteiger partial charge in [0.15, 0.2) is 0 Å². The lowest BCUT2D eigenvalue weighted by Gasteiger charge is -2.30. The third-order valence-corrected chi connectivity index (χ3v) is 3.97. The molecule has 0 bridgehead atoms. The van der Waals surface area contributed by atoms with Crippen LogP contribution in [0, 0.1) is 6.92 Å². The molecule has 0 aliphatic rings. The molecule has 2 nitrogen and oxygen atoms in total. The van der Waals surface area contributed by atoms with E-state index in [4.69, 9.17) is 0 Å². The highest BCUT2D eigenvalue weighted by Gasteiger charge is 2.21. The molecule has 1 unspecified atom stereocenters. The van der Waals surface area contributed by atoms with Gasteiger partial charge in [-0.15, -0.1) is 0 Å². The standard InChI is InChI=1S/C23H25NO/c1-4-6-8-16-22(21-15-11-12-19(3)17-21)24(23(25)5-2)18-20-13-9-7-10-14-20/h4-17,22H,2,18H2,1,3H3/b6-4+,16-8+. The molecule has 0 fully saturated rings. The van der Waals surface area contributed by atoms with E-state index in [1.165, 1.54) is 11.6 Å². The molecule has 2 aromatic rings. The first-order valence-electron chi connectivity index (χ1n) is 8.48. The van der Waals surface area contributed by atoms with E-state index in [1.807, 2.05) is 66.4 Å². The summed E-state index contributed by atoms with van der Waals surface area (Å²) in [5.41, 5.74) is 3.36. The minimum atomic E-state index is -0.151. The predicted molar refractivity (Wildman–Crippen MR) is 105 cm³/mol. The first-order valence-corrected chi connectivity index (χ1v) is 8.48. The zero-order chi connectivity index (χ0) is 18.1. The number of benzene rings is 2. The average Bonchev–Trinajstić information content (AvgIpc) is 2.64. The molecule has 0 spiro atoms. The topological polar surface area (TPSA) is 20.3 Å². The van der Waals surface area contributed by atoms with Crippen LogP contribution in [-0.2, 0) is 11.3 Å². The Kier molecular flexibility index (Phi) is 6.97. The Bertz CT molecular complexity index is 759. The Morgan fingerprint density at radius 1 is 1.12 bits per heavy atom. The Morgan fingerprint density at radius 2 is 1.88 bits per heavy atom. The van der Waals surface area contributed by atoms with Gasteiger partial charge in [0.2, 0.25) is 5.91 Å². The van der Waals surface area contributed by atoms with Gasteiger partial charge in [0.1, 0.15) is 0 Å². The van der Waals surface area contributed by atoms with Gasteiger partial charge in [0.05, 0.1) is 6.04 Å². The van der Waals surface area contributed by atoms with Gasteiger partial charge in [-0.1, -0.05) is 91.0 Å². The predicted octanol–water partition coefficient (Wildman–Crippen LogP) is 5.38. The average molecular weight is 331 g/mol. The maximum absolute atomic E-state index is 12.6. The molecule has 0 aliphatic carbocycles. The van der Waals surface area contributed by atoms with Gasteiger partial charge in [-0.2, -0.15) is 0 Å². The van der Waals surface area contributed by atoms with E-state index in [0.29, 0.717) is 6.54 Å². The van der Waals surface area contributed by atoms with Crippen LogP contribution in [-0.4, -0.2) is 10.8 Å². The van der Waals surface area contributed by atoms with Crippen molar-refractivity contribution in [1.29, 1.82) is 0 Å². The molecule has 2 aromatic carbocycles. The van der Waals surface area contributed by atoms with Crippen molar-refractivity contribution < 1.29 is 4.79 Å². The molecule has 0 saturated carbocycles. The highest BCUT2D eigenvalue weighted by atomic mass is 16.2. The van der Waals surface area contributed by atoms with Gasteiger partial charge in [0, 0.05) is 6.54 Å². The van der Waals surface area contributed by atoms with Crippen molar-refractivity contribution in [3.05, 3.63) is 108 Å². The van der Waals surface area contributed by atoms with E-state index in [1.54, 1.807) is 0 Å². The van der Waals surface area contributed by atoms with Crippen LogP contribution in [0.3, 0.4) is 0 Å². The summed E-state index contributed by atoms with van der Waals surface area (Å²) in [6.45, 7) is 8.25. The van der Waals surface area contributed by atoms with E-state index in [-0.39, 0.29) is 11.9 Å². The molecule has 0 radical (unpaired) electrons. The van der Waals surface area contributed by atoms with E-state index in [2.05, 4.69) is 37.8 Å². The molecular weight excluding hydrogens is 306 g/mol. The smallest absolute Gasteiger partial charge is 0.247 e. The van der Waals surface area contributed by atoms with Gasteiger partial charge >= 0.3 is 0 Å². The van der Waals surface area contributed by atoms with Crippen molar-refractivity contribution >= 4 is 5.91 Å². The summed E-state index contributed by atoms with van der Waals surface area (Å²) in [5, 5.41) is 0.